The van der Waals surface area contributed by atoms with E-state index in [4.69, 9.17) is 9.47 Å². The van der Waals surface area contributed by atoms with Crippen LogP contribution in [-0.4, -0.2) is 40.3 Å². The number of pyridine rings is 1. The van der Waals surface area contributed by atoms with Gasteiger partial charge in [0.05, 0.1) is 16.7 Å². The number of carbonyl (C=O) groups is 1. The summed E-state index contributed by atoms with van der Waals surface area (Å²) < 4.78 is 12.2. The molecule has 1 aliphatic heterocycles. The molecule has 2 heterocycles. The molecule has 21 heavy (non-hydrogen) atoms. The van der Waals surface area contributed by atoms with Gasteiger partial charge in [0.1, 0.15) is 11.7 Å². The number of nitrogens with zero attached hydrogens (tertiary/aromatic N) is 2. The second-order valence-electron chi connectivity index (χ2n) is 6.16. The van der Waals surface area contributed by atoms with Gasteiger partial charge in [-0.3, -0.25) is 4.98 Å². The van der Waals surface area contributed by atoms with Crippen molar-refractivity contribution in [2.24, 2.45) is 0 Å². The van der Waals surface area contributed by atoms with E-state index in [0.717, 1.165) is 10.9 Å². The van der Waals surface area contributed by atoms with Crippen molar-refractivity contribution in [3.63, 3.8) is 0 Å². The lowest BCUT2D eigenvalue weighted by Crippen LogP contribution is -2.58. The quantitative estimate of drug-likeness (QED) is 0.829. The van der Waals surface area contributed by atoms with Gasteiger partial charge in [0, 0.05) is 12.7 Å². The molecule has 0 bridgehead atoms. The number of likely N-dealkylation sites (tertiary alicyclic amines) is 1. The van der Waals surface area contributed by atoms with Gasteiger partial charge in [0.2, 0.25) is 0 Å². The highest BCUT2D eigenvalue weighted by atomic mass is 79.9. The number of hydrogen-bond donors (Lipinski definition) is 0. The van der Waals surface area contributed by atoms with Crippen molar-refractivity contribution in [2.45, 2.75) is 51.9 Å². The van der Waals surface area contributed by atoms with Crippen molar-refractivity contribution >= 4 is 22.0 Å². The van der Waals surface area contributed by atoms with Gasteiger partial charge in [0.25, 0.3) is 0 Å². The van der Waals surface area contributed by atoms with Crippen molar-refractivity contribution in [1.29, 1.82) is 0 Å². The van der Waals surface area contributed by atoms with Crippen LogP contribution in [0.15, 0.2) is 22.9 Å². The second-order valence-corrected chi connectivity index (χ2v) is 7.01. The van der Waals surface area contributed by atoms with Gasteiger partial charge in [-0.05, 0) is 56.1 Å². The Morgan fingerprint density at radius 2 is 2.24 bits per heavy atom. The third-order valence-electron chi connectivity index (χ3n) is 3.28. The van der Waals surface area contributed by atoms with Gasteiger partial charge in [-0.1, -0.05) is 0 Å². The monoisotopic (exact) mass is 356 g/mol. The SMILES string of the molecule is C[C@H](Oc1cnccc1Br)[C@H]1CCN1C(=O)OC(C)(C)C. The van der Waals surface area contributed by atoms with Crippen LogP contribution in [0.3, 0.4) is 0 Å². The standard InChI is InChI=1S/C15H21BrN2O3/c1-10(20-13-9-17-7-5-11(13)16)12-6-8-18(12)14(19)21-15(2,3)4/h5,7,9-10,12H,6,8H2,1-4H3/t10-,12+/m0/s1. The Labute approximate surface area is 133 Å². The zero-order valence-corrected chi connectivity index (χ0v) is 14.4. The van der Waals surface area contributed by atoms with Crippen LogP contribution in [0.5, 0.6) is 5.75 Å². The number of halogens is 1. The molecule has 0 radical (unpaired) electrons. The summed E-state index contributed by atoms with van der Waals surface area (Å²) in [7, 11) is 0. The molecule has 1 saturated heterocycles. The summed E-state index contributed by atoms with van der Waals surface area (Å²) in [6, 6.07) is 1.86. The summed E-state index contributed by atoms with van der Waals surface area (Å²) in [6.45, 7) is 8.27. The summed E-state index contributed by atoms with van der Waals surface area (Å²) in [5, 5.41) is 0. The molecular weight excluding hydrogens is 336 g/mol. The molecule has 0 aromatic carbocycles. The third-order valence-corrected chi connectivity index (χ3v) is 3.94. The summed E-state index contributed by atoms with van der Waals surface area (Å²) in [5.41, 5.74) is -0.478. The fourth-order valence-corrected chi connectivity index (χ4v) is 2.49. The Bertz CT molecular complexity index is 516. The first-order chi connectivity index (χ1) is 9.78. The van der Waals surface area contributed by atoms with E-state index in [2.05, 4.69) is 20.9 Å². The number of amides is 1. The van der Waals surface area contributed by atoms with E-state index in [1.54, 1.807) is 17.3 Å². The van der Waals surface area contributed by atoms with Gasteiger partial charge in [-0.25, -0.2) is 4.79 Å². The van der Waals surface area contributed by atoms with E-state index in [9.17, 15) is 4.79 Å². The predicted molar refractivity (Wildman–Crippen MR) is 83.4 cm³/mol. The van der Waals surface area contributed by atoms with E-state index >= 15 is 0 Å². The van der Waals surface area contributed by atoms with Crippen LogP contribution in [0, 0.1) is 0 Å². The van der Waals surface area contributed by atoms with Crippen LogP contribution in [0.4, 0.5) is 4.79 Å². The van der Waals surface area contributed by atoms with Crippen LogP contribution in [0.25, 0.3) is 0 Å². The van der Waals surface area contributed by atoms with Crippen molar-refractivity contribution in [2.75, 3.05) is 6.54 Å². The maximum Gasteiger partial charge on any atom is 0.410 e. The molecule has 0 aliphatic carbocycles. The first-order valence-corrected chi connectivity index (χ1v) is 7.83. The maximum atomic E-state index is 12.1. The second kappa shape index (κ2) is 6.22. The maximum absolute atomic E-state index is 12.1. The smallest absolute Gasteiger partial charge is 0.410 e. The zero-order valence-electron chi connectivity index (χ0n) is 12.8. The predicted octanol–water partition coefficient (Wildman–Crippen LogP) is 3.62. The number of hydrogen-bond acceptors (Lipinski definition) is 4. The minimum absolute atomic E-state index is 0.0342. The largest absolute Gasteiger partial charge is 0.486 e. The summed E-state index contributed by atoms with van der Waals surface area (Å²) in [5.74, 6) is 0.682. The lowest BCUT2D eigenvalue weighted by atomic mass is 9.99. The van der Waals surface area contributed by atoms with E-state index in [1.165, 1.54) is 0 Å². The summed E-state index contributed by atoms with van der Waals surface area (Å²) in [4.78, 5) is 17.9. The average molecular weight is 357 g/mol. The highest BCUT2D eigenvalue weighted by Crippen LogP contribution is 2.29. The number of ether oxygens (including phenoxy) is 2. The lowest BCUT2D eigenvalue weighted by Gasteiger charge is -2.44. The first-order valence-electron chi connectivity index (χ1n) is 7.04. The van der Waals surface area contributed by atoms with Gasteiger partial charge in [0.15, 0.2) is 5.75 Å². The van der Waals surface area contributed by atoms with E-state index < -0.39 is 5.60 Å². The molecule has 1 aromatic rings. The molecule has 1 aromatic heterocycles. The normalized spacial score (nSPS) is 19.7. The van der Waals surface area contributed by atoms with Crippen molar-refractivity contribution in [1.82, 2.24) is 9.88 Å². The van der Waals surface area contributed by atoms with Crippen molar-refractivity contribution in [3.05, 3.63) is 22.9 Å². The molecule has 116 valence electrons. The lowest BCUT2D eigenvalue weighted by molar-refractivity contribution is -0.0302. The molecule has 0 spiro atoms. The first kappa shape index (κ1) is 16.1. The highest BCUT2D eigenvalue weighted by Gasteiger charge is 2.39. The number of carbonyl (C=O) groups excluding carboxylic acids is 1. The van der Waals surface area contributed by atoms with E-state index in [0.29, 0.717) is 12.3 Å². The van der Waals surface area contributed by atoms with E-state index in [1.807, 2.05) is 33.8 Å². The molecule has 6 heteroatoms. The van der Waals surface area contributed by atoms with Crippen LogP contribution in [0.1, 0.15) is 34.1 Å². The minimum Gasteiger partial charge on any atom is -0.486 e. The third kappa shape index (κ3) is 4.09. The Kier molecular flexibility index (Phi) is 4.76. The van der Waals surface area contributed by atoms with Crippen molar-refractivity contribution in [3.8, 4) is 5.75 Å². The molecule has 1 amide bonds. The van der Waals surface area contributed by atoms with Gasteiger partial charge < -0.3 is 14.4 Å². The Balaban J connectivity index is 1.96. The zero-order chi connectivity index (χ0) is 15.6. The van der Waals surface area contributed by atoms with Gasteiger partial charge in [-0.2, -0.15) is 0 Å². The topological polar surface area (TPSA) is 51.7 Å². The average Bonchev–Trinajstić information content (AvgIpc) is 2.28. The molecule has 5 nitrogen and oxygen atoms in total. The Morgan fingerprint density at radius 3 is 2.76 bits per heavy atom. The molecule has 2 atom stereocenters. The van der Waals surface area contributed by atoms with Crippen LogP contribution in [-0.2, 0) is 4.74 Å². The minimum atomic E-state index is -0.478. The Morgan fingerprint density at radius 1 is 1.52 bits per heavy atom. The number of aromatic nitrogens is 1. The molecular formula is C15H21BrN2O3. The van der Waals surface area contributed by atoms with Crippen LogP contribution in [0.2, 0.25) is 0 Å². The van der Waals surface area contributed by atoms with Crippen LogP contribution >= 0.6 is 15.9 Å². The van der Waals surface area contributed by atoms with Crippen LogP contribution < -0.4 is 4.74 Å². The molecule has 0 N–H and O–H groups in total. The van der Waals surface area contributed by atoms with Gasteiger partial charge >= 0.3 is 6.09 Å². The highest BCUT2D eigenvalue weighted by molar-refractivity contribution is 9.10. The summed E-state index contributed by atoms with van der Waals surface area (Å²) >= 11 is 3.43. The molecule has 0 saturated carbocycles. The molecule has 0 unspecified atom stereocenters. The van der Waals surface area contributed by atoms with E-state index in [-0.39, 0.29) is 18.2 Å². The summed E-state index contributed by atoms with van der Waals surface area (Å²) in [6.07, 6.45) is 3.87. The molecule has 1 aliphatic rings. The Hall–Kier alpha value is -1.30. The number of rotatable bonds is 3. The van der Waals surface area contributed by atoms with Gasteiger partial charge in [-0.15, -0.1) is 0 Å². The molecule has 2 rings (SSSR count). The van der Waals surface area contributed by atoms with Crippen molar-refractivity contribution < 1.29 is 14.3 Å². The fraction of sp³-hybridized carbons (Fsp3) is 0.600. The molecule has 1 fully saturated rings. The fourth-order valence-electron chi connectivity index (χ4n) is 2.17.